The lowest BCUT2D eigenvalue weighted by molar-refractivity contribution is -0.145. The number of rotatable bonds is 0. The van der Waals surface area contributed by atoms with Crippen LogP contribution in [0.5, 0.6) is 0 Å². The van der Waals surface area contributed by atoms with Gasteiger partial charge in [0.25, 0.3) is 11.8 Å². The number of amides is 4. The van der Waals surface area contributed by atoms with Gasteiger partial charge in [-0.2, -0.15) is 0 Å². The Balaban J connectivity index is 1.79. The van der Waals surface area contributed by atoms with E-state index in [1.165, 1.54) is 14.1 Å². The molecule has 0 aromatic heterocycles. The maximum Gasteiger partial charge on any atom is 0.260 e. The Bertz CT molecular complexity index is 1080. The van der Waals surface area contributed by atoms with Gasteiger partial charge in [-0.1, -0.05) is 30.4 Å². The van der Waals surface area contributed by atoms with Crippen molar-refractivity contribution in [1.29, 1.82) is 0 Å². The molecule has 0 saturated heterocycles. The van der Waals surface area contributed by atoms with Gasteiger partial charge in [0.2, 0.25) is 11.8 Å². The SMILES string of the molecule is CN1C(=O)C2=CC=CCC2=C2C(C1=O)[C@H]1c3ccccc3C(=O)N(C)C(=O)[C@H]21. The molecule has 1 aromatic rings. The predicted octanol–water partition coefficient (Wildman–Crippen LogP) is 1.81. The van der Waals surface area contributed by atoms with Crippen LogP contribution in [0, 0.1) is 11.8 Å². The molecule has 4 aliphatic rings. The molecule has 0 radical (unpaired) electrons. The quantitative estimate of drug-likeness (QED) is 0.649. The van der Waals surface area contributed by atoms with E-state index in [4.69, 9.17) is 0 Å². The lowest BCUT2D eigenvalue weighted by Crippen LogP contribution is -2.52. The van der Waals surface area contributed by atoms with Crippen LogP contribution in [0.2, 0.25) is 0 Å². The Hall–Kier alpha value is -3.28. The summed E-state index contributed by atoms with van der Waals surface area (Å²) < 4.78 is 0. The first-order valence-electron chi connectivity index (χ1n) is 9.26. The Morgan fingerprint density at radius 3 is 2.25 bits per heavy atom. The highest BCUT2D eigenvalue weighted by atomic mass is 16.2. The second kappa shape index (κ2) is 5.61. The van der Waals surface area contributed by atoms with Gasteiger partial charge in [-0.25, -0.2) is 0 Å². The average molecular weight is 374 g/mol. The van der Waals surface area contributed by atoms with Gasteiger partial charge in [0.1, 0.15) is 0 Å². The number of likely N-dealkylation sites (N-methyl/N-ethyl adjacent to an activating group) is 1. The van der Waals surface area contributed by atoms with Gasteiger partial charge < -0.3 is 0 Å². The zero-order valence-corrected chi connectivity index (χ0v) is 15.5. The normalized spacial score (nSPS) is 28.6. The fourth-order valence-corrected chi connectivity index (χ4v) is 4.96. The molecule has 1 unspecified atom stereocenters. The number of fused-ring (bicyclic) bond motifs is 7. The molecule has 2 heterocycles. The lowest BCUT2D eigenvalue weighted by atomic mass is 9.55. The van der Waals surface area contributed by atoms with Gasteiger partial charge in [-0.3, -0.25) is 29.0 Å². The Morgan fingerprint density at radius 1 is 0.893 bits per heavy atom. The van der Waals surface area contributed by atoms with Gasteiger partial charge >= 0.3 is 0 Å². The van der Waals surface area contributed by atoms with Gasteiger partial charge in [-0.15, -0.1) is 0 Å². The second-order valence-corrected chi connectivity index (χ2v) is 7.62. The van der Waals surface area contributed by atoms with Crippen LogP contribution < -0.4 is 0 Å². The molecule has 5 rings (SSSR count). The lowest BCUT2D eigenvalue weighted by Gasteiger charge is -2.46. The molecule has 0 N–H and O–H groups in total. The number of hydrogen-bond donors (Lipinski definition) is 0. The molecule has 6 heteroatoms. The minimum Gasteiger partial charge on any atom is -0.281 e. The van der Waals surface area contributed by atoms with E-state index >= 15 is 0 Å². The molecule has 1 aromatic carbocycles. The van der Waals surface area contributed by atoms with Crippen LogP contribution in [0.4, 0.5) is 0 Å². The van der Waals surface area contributed by atoms with Crippen molar-refractivity contribution in [2.45, 2.75) is 12.3 Å². The molecule has 140 valence electrons. The van der Waals surface area contributed by atoms with E-state index in [2.05, 4.69) is 0 Å². The minimum atomic E-state index is -0.601. The molecule has 1 fully saturated rings. The van der Waals surface area contributed by atoms with Gasteiger partial charge in [0, 0.05) is 31.1 Å². The topological polar surface area (TPSA) is 74.8 Å². The van der Waals surface area contributed by atoms with Crippen LogP contribution in [0.3, 0.4) is 0 Å². The van der Waals surface area contributed by atoms with Crippen LogP contribution in [0.1, 0.15) is 28.3 Å². The summed E-state index contributed by atoms with van der Waals surface area (Å²) in [5.74, 6) is -2.97. The molecule has 2 aliphatic heterocycles. The molecule has 3 atom stereocenters. The molecule has 4 amide bonds. The standard InChI is InChI=1S/C22H18N2O4/c1-23-19(25)13-9-5-3-7-11(13)15-17(21(23)27)16-12-8-4-6-10-14(12)20(26)24(2)22(28)18(15)16/h3-7,9-10,15,17-18H,8H2,1-2H3/t15-,17-,18?/m0/s1. The smallest absolute Gasteiger partial charge is 0.260 e. The summed E-state index contributed by atoms with van der Waals surface area (Å²) in [6.07, 6.45) is 5.92. The van der Waals surface area contributed by atoms with Crippen molar-refractivity contribution in [2.75, 3.05) is 14.1 Å². The number of benzene rings is 1. The number of imide groups is 2. The summed E-state index contributed by atoms with van der Waals surface area (Å²) in [6, 6.07) is 7.08. The summed E-state index contributed by atoms with van der Waals surface area (Å²) in [5.41, 5.74) is 3.07. The number of allylic oxidation sites excluding steroid dienone is 3. The highest BCUT2D eigenvalue weighted by molar-refractivity contribution is 6.15. The van der Waals surface area contributed by atoms with Crippen LogP contribution in [-0.4, -0.2) is 47.5 Å². The van der Waals surface area contributed by atoms with Crippen molar-refractivity contribution in [3.8, 4) is 0 Å². The van der Waals surface area contributed by atoms with E-state index < -0.39 is 17.8 Å². The minimum absolute atomic E-state index is 0.316. The third-order valence-electron chi connectivity index (χ3n) is 6.37. The Morgan fingerprint density at radius 2 is 1.54 bits per heavy atom. The Kier molecular flexibility index (Phi) is 3.38. The molecular weight excluding hydrogens is 356 g/mol. The van der Waals surface area contributed by atoms with Crippen molar-refractivity contribution in [2.24, 2.45) is 11.8 Å². The summed E-state index contributed by atoms with van der Waals surface area (Å²) in [4.78, 5) is 54.4. The monoisotopic (exact) mass is 374 g/mol. The van der Waals surface area contributed by atoms with Crippen molar-refractivity contribution in [3.05, 3.63) is 70.3 Å². The summed E-state index contributed by atoms with van der Waals surface area (Å²) in [6.45, 7) is 0. The number of hydrogen-bond acceptors (Lipinski definition) is 4. The zero-order chi connectivity index (χ0) is 19.7. The maximum absolute atomic E-state index is 13.2. The number of carbonyl (C=O) groups excluding carboxylic acids is 4. The third-order valence-corrected chi connectivity index (χ3v) is 6.37. The first-order valence-corrected chi connectivity index (χ1v) is 9.26. The number of carbonyl (C=O) groups is 4. The second-order valence-electron chi connectivity index (χ2n) is 7.62. The molecule has 0 bridgehead atoms. The Labute approximate surface area is 161 Å². The largest absolute Gasteiger partial charge is 0.281 e. The highest BCUT2D eigenvalue weighted by Gasteiger charge is 2.60. The van der Waals surface area contributed by atoms with Gasteiger partial charge in [0.15, 0.2) is 0 Å². The first kappa shape index (κ1) is 16.9. The average Bonchev–Trinajstić information content (AvgIpc) is 2.80. The summed E-state index contributed by atoms with van der Waals surface area (Å²) in [7, 11) is 2.97. The molecule has 1 saturated carbocycles. The van der Waals surface area contributed by atoms with Crippen molar-refractivity contribution in [1.82, 2.24) is 9.80 Å². The third kappa shape index (κ3) is 1.92. The molecule has 2 aliphatic carbocycles. The molecule has 6 nitrogen and oxygen atoms in total. The maximum atomic E-state index is 13.2. The predicted molar refractivity (Wildman–Crippen MR) is 99.9 cm³/mol. The van der Waals surface area contributed by atoms with Gasteiger partial charge in [-0.05, 0) is 35.3 Å². The van der Waals surface area contributed by atoms with E-state index in [0.29, 0.717) is 28.7 Å². The summed E-state index contributed by atoms with van der Waals surface area (Å²) >= 11 is 0. The van der Waals surface area contributed by atoms with Gasteiger partial charge in [0.05, 0.1) is 11.8 Å². The van der Waals surface area contributed by atoms with Crippen molar-refractivity contribution in [3.63, 3.8) is 0 Å². The van der Waals surface area contributed by atoms with Crippen molar-refractivity contribution < 1.29 is 19.2 Å². The van der Waals surface area contributed by atoms with E-state index in [1.54, 1.807) is 24.3 Å². The van der Waals surface area contributed by atoms with Crippen molar-refractivity contribution >= 4 is 23.6 Å². The van der Waals surface area contributed by atoms with E-state index in [1.807, 2.05) is 18.2 Å². The summed E-state index contributed by atoms with van der Waals surface area (Å²) in [5, 5.41) is 0. The molecular formula is C22H18N2O4. The van der Waals surface area contributed by atoms with Crippen LogP contribution in [-0.2, 0) is 14.4 Å². The highest BCUT2D eigenvalue weighted by Crippen LogP contribution is 2.58. The fraction of sp³-hybridized carbons (Fsp3) is 0.273. The fourth-order valence-electron chi connectivity index (χ4n) is 4.96. The van der Waals surface area contributed by atoms with Crippen LogP contribution >= 0.6 is 0 Å². The van der Waals surface area contributed by atoms with Crippen LogP contribution in [0.15, 0.2) is 59.2 Å². The first-order chi connectivity index (χ1) is 13.4. The van der Waals surface area contributed by atoms with E-state index in [-0.39, 0.29) is 23.6 Å². The molecule has 0 spiro atoms. The zero-order valence-electron chi connectivity index (χ0n) is 15.5. The molecule has 28 heavy (non-hydrogen) atoms. The van der Waals surface area contributed by atoms with E-state index in [9.17, 15) is 19.2 Å². The van der Waals surface area contributed by atoms with E-state index in [0.717, 1.165) is 15.4 Å². The number of nitrogens with zero attached hydrogens (tertiary/aromatic N) is 2. The van der Waals surface area contributed by atoms with Crippen LogP contribution in [0.25, 0.3) is 0 Å².